The Hall–Kier alpha value is -1.05. The first-order valence-electron chi connectivity index (χ1n) is 4.72. The topological polar surface area (TPSA) is 26.3 Å². The summed E-state index contributed by atoms with van der Waals surface area (Å²) in [5.41, 5.74) is 0. The lowest BCUT2D eigenvalue weighted by molar-refractivity contribution is -0.142. The highest BCUT2D eigenvalue weighted by molar-refractivity contribution is 5.71. The van der Waals surface area contributed by atoms with Gasteiger partial charge in [0.2, 0.25) is 0 Å². The third kappa shape index (κ3) is 8.86. The predicted molar refractivity (Wildman–Crippen MR) is 54.4 cm³/mol. The molecule has 0 aromatic heterocycles. The summed E-state index contributed by atoms with van der Waals surface area (Å²) in [4.78, 5) is 10.8. The number of esters is 1. The molecule has 0 spiro atoms. The second kappa shape index (κ2) is 9.04. The summed E-state index contributed by atoms with van der Waals surface area (Å²) in [6.07, 6.45) is 9.31. The van der Waals surface area contributed by atoms with Crippen molar-refractivity contribution in [2.24, 2.45) is 0 Å². The van der Waals surface area contributed by atoms with Crippen LogP contribution in [0.5, 0.6) is 0 Å². The van der Waals surface area contributed by atoms with Crippen LogP contribution in [0.4, 0.5) is 0 Å². The summed E-state index contributed by atoms with van der Waals surface area (Å²) in [5, 5.41) is 0. The average molecular weight is 182 g/mol. The molecule has 0 saturated carbocycles. The molecule has 0 aliphatic rings. The molecule has 74 valence electrons. The first kappa shape index (κ1) is 11.9. The van der Waals surface area contributed by atoms with Crippen LogP contribution in [-0.2, 0) is 9.53 Å². The van der Waals surface area contributed by atoms with Gasteiger partial charge in [0.15, 0.2) is 0 Å². The molecule has 0 fully saturated rings. The number of unbranched alkanes of at least 4 members (excludes halogenated alkanes) is 2. The van der Waals surface area contributed by atoms with Crippen LogP contribution in [0.25, 0.3) is 0 Å². The lowest BCUT2D eigenvalue weighted by atomic mass is 10.2. The lowest BCUT2D eigenvalue weighted by Gasteiger charge is -1.96. The molecule has 0 amide bonds. The predicted octanol–water partition coefficient (Wildman–Crippen LogP) is 2.85. The summed E-state index contributed by atoms with van der Waals surface area (Å²) < 4.78 is 4.76. The first-order valence-corrected chi connectivity index (χ1v) is 4.72. The Morgan fingerprint density at radius 2 is 2.15 bits per heavy atom. The van der Waals surface area contributed by atoms with E-state index in [4.69, 9.17) is 4.74 Å². The highest BCUT2D eigenvalue weighted by Crippen LogP contribution is 1.98. The largest absolute Gasteiger partial charge is 0.466 e. The van der Waals surface area contributed by atoms with Gasteiger partial charge >= 0.3 is 5.97 Å². The zero-order valence-electron chi connectivity index (χ0n) is 8.29. The van der Waals surface area contributed by atoms with Crippen LogP contribution < -0.4 is 0 Å². The third-order valence-electron chi connectivity index (χ3n) is 1.54. The maximum Gasteiger partial charge on any atom is 0.309 e. The summed E-state index contributed by atoms with van der Waals surface area (Å²) in [5.74, 6) is -0.150. The number of allylic oxidation sites excluding steroid dienone is 2. The maximum absolute atomic E-state index is 10.8. The highest BCUT2D eigenvalue weighted by atomic mass is 16.5. The zero-order valence-corrected chi connectivity index (χ0v) is 8.29. The van der Waals surface area contributed by atoms with Gasteiger partial charge in [0.05, 0.1) is 13.0 Å². The molecule has 13 heavy (non-hydrogen) atoms. The second-order valence-corrected chi connectivity index (χ2v) is 2.70. The molecule has 0 radical (unpaired) electrons. The summed E-state index contributed by atoms with van der Waals surface area (Å²) in [7, 11) is 0. The van der Waals surface area contributed by atoms with E-state index >= 15 is 0 Å². The monoisotopic (exact) mass is 182 g/mol. The van der Waals surface area contributed by atoms with Crippen LogP contribution in [0.2, 0.25) is 0 Å². The fourth-order valence-corrected chi connectivity index (χ4v) is 0.897. The molecule has 0 saturated heterocycles. The fraction of sp³-hybridized carbons (Fsp3) is 0.545. The number of carbonyl (C=O) groups excluding carboxylic acids is 1. The van der Waals surface area contributed by atoms with Gasteiger partial charge < -0.3 is 4.74 Å². The number of ether oxygens (including phenoxy) is 1. The molecule has 2 nitrogen and oxygen atoms in total. The van der Waals surface area contributed by atoms with E-state index < -0.39 is 0 Å². The highest BCUT2D eigenvalue weighted by Gasteiger charge is 1.95. The Labute approximate surface area is 80.3 Å². The van der Waals surface area contributed by atoms with Crippen molar-refractivity contribution < 1.29 is 9.53 Å². The Balaban J connectivity index is 3.29. The number of hydrogen-bond acceptors (Lipinski definition) is 2. The molecule has 2 heteroatoms. The SMILES string of the molecule is C=CCCC/C=C\CC(=O)OCC. The van der Waals surface area contributed by atoms with E-state index in [1.165, 1.54) is 0 Å². The Morgan fingerprint density at radius 3 is 2.77 bits per heavy atom. The summed E-state index contributed by atoms with van der Waals surface area (Å²) in [6, 6.07) is 0. The lowest BCUT2D eigenvalue weighted by Crippen LogP contribution is -2.01. The van der Waals surface area contributed by atoms with Crippen molar-refractivity contribution in [1.82, 2.24) is 0 Å². The molecule has 0 aliphatic heterocycles. The second-order valence-electron chi connectivity index (χ2n) is 2.70. The summed E-state index contributed by atoms with van der Waals surface area (Å²) >= 11 is 0. The van der Waals surface area contributed by atoms with Gasteiger partial charge in [-0.25, -0.2) is 0 Å². The maximum atomic E-state index is 10.8. The van der Waals surface area contributed by atoms with E-state index in [0.717, 1.165) is 19.3 Å². The van der Waals surface area contributed by atoms with Crippen molar-refractivity contribution in [2.75, 3.05) is 6.61 Å². The standard InChI is InChI=1S/C11H18O2/c1-3-5-6-7-8-9-10-11(12)13-4-2/h3,8-9H,1,4-7,10H2,2H3/b9-8-. The molecule has 0 aliphatic carbocycles. The van der Waals surface area contributed by atoms with Gasteiger partial charge in [-0.15, -0.1) is 6.58 Å². The van der Waals surface area contributed by atoms with E-state index in [2.05, 4.69) is 6.58 Å². The Kier molecular flexibility index (Phi) is 8.31. The minimum absolute atomic E-state index is 0.150. The molecule has 0 unspecified atom stereocenters. The Morgan fingerprint density at radius 1 is 1.38 bits per heavy atom. The number of rotatable bonds is 7. The van der Waals surface area contributed by atoms with Crippen molar-refractivity contribution in [1.29, 1.82) is 0 Å². The van der Waals surface area contributed by atoms with Crippen molar-refractivity contribution in [2.45, 2.75) is 32.6 Å². The van der Waals surface area contributed by atoms with E-state index in [0.29, 0.717) is 13.0 Å². The fourth-order valence-electron chi connectivity index (χ4n) is 0.897. The van der Waals surface area contributed by atoms with Crippen molar-refractivity contribution in [3.05, 3.63) is 24.8 Å². The van der Waals surface area contributed by atoms with Crippen LogP contribution in [0.3, 0.4) is 0 Å². The molecule has 0 bridgehead atoms. The molecule has 0 aromatic carbocycles. The molecular formula is C11H18O2. The number of hydrogen-bond donors (Lipinski definition) is 0. The molecule has 0 rings (SSSR count). The van der Waals surface area contributed by atoms with Gasteiger partial charge in [-0.05, 0) is 26.2 Å². The van der Waals surface area contributed by atoms with Gasteiger partial charge in [0, 0.05) is 0 Å². The van der Waals surface area contributed by atoms with Crippen LogP contribution in [-0.4, -0.2) is 12.6 Å². The van der Waals surface area contributed by atoms with Crippen LogP contribution in [0.1, 0.15) is 32.6 Å². The normalized spacial score (nSPS) is 10.2. The minimum Gasteiger partial charge on any atom is -0.466 e. The van der Waals surface area contributed by atoms with E-state index in [1.54, 1.807) is 0 Å². The number of carbonyl (C=O) groups is 1. The van der Waals surface area contributed by atoms with Gasteiger partial charge in [-0.2, -0.15) is 0 Å². The van der Waals surface area contributed by atoms with Crippen molar-refractivity contribution >= 4 is 5.97 Å². The van der Waals surface area contributed by atoms with Gasteiger partial charge in [-0.1, -0.05) is 18.2 Å². The van der Waals surface area contributed by atoms with Gasteiger partial charge in [0.25, 0.3) is 0 Å². The minimum atomic E-state index is -0.150. The molecular weight excluding hydrogens is 164 g/mol. The average Bonchev–Trinajstić information content (AvgIpc) is 2.11. The van der Waals surface area contributed by atoms with Gasteiger partial charge in [-0.3, -0.25) is 4.79 Å². The molecule has 0 heterocycles. The van der Waals surface area contributed by atoms with Crippen LogP contribution >= 0.6 is 0 Å². The van der Waals surface area contributed by atoms with Crippen LogP contribution in [0.15, 0.2) is 24.8 Å². The third-order valence-corrected chi connectivity index (χ3v) is 1.54. The van der Waals surface area contributed by atoms with Gasteiger partial charge in [0.1, 0.15) is 0 Å². The smallest absolute Gasteiger partial charge is 0.309 e. The zero-order chi connectivity index (χ0) is 9.94. The molecule has 0 aromatic rings. The quantitative estimate of drug-likeness (QED) is 0.344. The van der Waals surface area contributed by atoms with Crippen molar-refractivity contribution in [3.63, 3.8) is 0 Å². The van der Waals surface area contributed by atoms with E-state index in [-0.39, 0.29) is 5.97 Å². The molecule has 0 atom stereocenters. The van der Waals surface area contributed by atoms with E-state index in [9.17, 15) is 4.79 Å². The van der Waals surface area contributed by atoms with E-state index in [1.807, 2.05) is 25.2 Å². The first-order chi connectivity index (χ1) is 6.31. The van der Waals surface area contributed by atoms with Crippen LogP contribution in [0, 0.1) is 0 Å². The summed E-state index contributed by atoms with van der Waals surface area (Å²) in [6.45, 7) is 5.91. The van der Waals surface area contributed by atoms with Crippen molar-refractivity contribution in [3.8, 4) is 0 Å². The molecule has 0 N–H and O–H groups in total. The Bertz CT molecular complexity index is 171.